The third kappa shape index (κ3) is 7.86. The van der Waals surface area contributed by atoms with E-state index in [1.807, 2.05) is 6.07 Å². The van der Waals surface area contributed by atoms with Gasteiger partial charge in [-0.3, -0.25) is 0 Å². The number of morpholine rings is 1. The van der Waals surface area contributed by atoms with Crippen LogP contribution >= 0.6 is 24.0 Å². The molecule has 0 radical (unpaired) electrons. The highest BCUT2D eigenvalue weighted by molar-refractivity contribution is 14.0. The van der Waals surface area contributed by atoms with Gasteiger partial charge in [0.1, 0.15) is 0 Å². The summed E-state index contributed by atoms with van der Waals surface area (Å²) in [6, 6.07) is 19.2. The van der Waals surface area contributed by atoms with Crippen LogP contribution in [0.3, 0.4) is 0 Å². The van der Waals surface area contributed by atoms with E-state index in [0.29, 0.717) is 19.1 Å². The van der Waals surface area contributed by atoms with Crippen LogP contribution in [0.1, 0.15) is 24.5 Å². The van der Waals surface area contributed by atoms with Crippen LogP contribution in [-0.4, -0.2) is 63.4 Å². The van der Waals surface area contributed by atoms with Crippen molar-refractivity contribution >= 4 is 35.6 Å². The number of ether oxygens (including phenoxy) is 2. The number of guanidine groups is 1. The van der Waals surface area contributed by atoms with E-state index in [2.05, 4.69) is 70.6 Å². The van der Waals surface area contributed by atoms with Crippen molar-refractivity contribution in [2.45, 2.75) is 26.5 Å². The average Bonchev–Trinajstić information content (AvgIpc) is 3.32. The number of hydrogen-bond acceptors (Lipinski definition) is 4. The van der Waals surface area contributed by atoms with Crippen LogP contribution in [0.2, 0.25) is 0 Å². The summed E-state index contributed by atoms with van der Waals surface area (Å²) in [4.78, 5) is 9.68. The van der Waals surface area contributed by atoms with E-state index in [0.717, 1.165) is 64.9 Å². The van der Waals surface area contributed by atoms with Gasteiger partial charge in [-0.25, -0.2) is 4.99 Å². The summed E-state index contributed by atoms with van der Waals surface area (Å²) in [6.45, 7) is 10.8. The minimum absolute atomic E-state index is 0. The Morgan fingerprint density at radius 1 is 1.03 bits per heavy atom. The number of nitrogens with zero attached hydrogens (tertiary/aromatic N) is 3. The van der Waals surface area contributed by atoms with Crippen molar-refractivity contribution in [2.75, 3.05) is 57.4 Å². The van der Waals surface area contributed by atoms with Gasteiger partial charge in [0, 0.05) is 44.3 Å². The predicted octanol–water partition coefficient (Wildman–Crippen LogP) is 4.15. The number of halogens is 1. The van der Waals surface area contributed by atoms with E-state index in [1.54, 1.807) is 0 Å². The molecule has 2 heterocycles. The van der Waals surface area contributed by atoms with Crippen molar-refractivity contribution in [3.05, 3.63) is 65.7 Å². The largest absolute Gasteiger partial charge is 0.378 e. The van der Waals surface area contributed by atoms with Crippen LogP contribution in [0.4, 0.5) is 5.69 Å². The summed E-state index contributed by atoms with van der Waals surface area (Å²) in [7, 11) is 0. The maximum atomic E-state index is 5.98. The van der Waals surface area contributed by atoms with Crippen molar-refractivity contribution < 1.29 is 9.47 Å². The molecule has 0 aliphatic carbocycles. The molecule has 2 saturated heterocycles. The molecule has 7 heteroatoms. The topological polar surface area (TPSA) is 49.3 Å². The van der Waals surface area contributed by atoms with Crippen molar-refractivity contribution in [3.8, 4) is 0 Å². The van der Waals surface area contributed by atoms with Gasteiger partial charge in [0.2, 0.25) is 0 Å². The molecule has 1 atom stereocenters. The smallest absolute Gasteiger partial charge is 0.194 e. The van der Waals surface area contributed by atoms with Crippen molar-refractivity contribution in [1.82, 2.24) is 10.2 Å². The summed E-state index contributed by atoms with van der Waals surface area (Å²) in [5, 5.41) is 3.47. The maximum absolute atomic E-state index is 5.98. The van der Waals surface area contributed by atoms with Crippen molar-refractivity contribution in [1.29, 1.82) is 0 Å². The quantitative estimate of drug-likeness (QED) is 0.297. The maximum Gasteiger partial charge on any atom is 0.194 e. The second-order valence-corrected chi connectivity index (χ2v) is 8.54. The number of likely N-dealkylation sites (tertiary alicyclic amines) is 1. The zero-order valence-electron chi connectivity index (χ0n) is 19.6. The van der Waals surface area contributed by atoms with Crippen molar-refractivity contribution in [2.24, 2.45) is 10.9 Å². The second kappa shape index (κ2) is 13.8. The summed E-state index contributed by atoms with van der Waals surface area (Å²) < 4.78 is 11.4. The molecule has 2 aliphatic heterocycles. The summed E-state index contributed by atoms with van der Waals surface area (Å²) >= 11 is 0. The van der Waals surface area contributed by atoms with Gasteiger partial charge in [0.05, 0.1) is 33.0 Å². The molecule has 0 saturated carbocycles. The first-order valence-electron chi connectivity index (χ1n) is 11.9. The van der Waals surface area contributed by atoms with E-state index in [1.165, 1.54) is 16.8 Å². The lowest BCUT2D eigenvalue weighted by atomic mass is 10.1. The first-order chi connectivity index (χ1) is 15.8. The van der Waals surface area contributed by atoms with E-state index < -0.39 is 0 Å². The molecule has 0 amide bonds. The van der Waals surface area contributed by atoms with Gasteiger partial charge < -0.3 is 24.6 Å². The Morgan fingerprint density at radius 3 is 2.52 bits per heavy atom. The minimum Gasteiger partial charge on any atom is -0.378 e. The third-order valence-corrected chi connectivity index (χ3v) is 6.11. The van der Waals surface area contributed by atoms with Crippen LogP contribution in [-0.2, 0) is 22.6 Å². The molecule has 0 aromatic heterocycles. The van der Waals surface area contributed by atoms with Crippen LogP contribution < -0.4 is 10.2 Å². The van der Waals surface area contributed by atoms with Gasteiger partial charge in [-0.15, -0.1) is 24.0 Å². The molecule has 4 rings (SSSR count). The average molecular weight is 565 g/mol. The van der Waals surface area contributed by atoms with Crippen LogP contribution in [0, 0.1) is 5.92 Å². The van der Waals surface area contributed by atoms with Crippen molar-refractivity contribution in [3.63, 3.8) is 0 Å². The zero-order chi connectivity index (χ0) is 22.0. The Morgan fingerprint density at radius 2 is 1.79 bits per heavy atom. The Labute approximate surface area is 215 Å². The van der Waals surface area contributed by atoms with E-state index in [4.69, 9.17) is 14.5 Å². The van der Waals surface area contributed by atoms with Gasteiger partial charge in [-0.05, 0) is 36.6 Å². The molecule has 2 aromatic carbocycles. The molecule has 33 heavy (non-hydrogen) atoms. The van der Waals surface area contributed by atoms with Crippen LogP contribution in [0.5, 0.6) is 0 Å². The van der Waals surface area contributed by atoms with Crippen LogP contribution in [0.15, 0.2) is 59.6 Å². The highest BCUT2D eigenvalue weighted by Gasteiger charge is 2.25. The van der Waals surface area contributed by atoms with Gasteiger partial charge in [-0.2, -0.15) is 0 Å². The Kier molecular flexibility index (Phi) is 10.8. The SMILES string of the molecule is CCNC(=NCc1ccc(N2CCOCC2)cc1)N1CCC(COCc2ccccc2)C1.I. The lowest BCUT2D eigenvalue weighted by Crippen LogP contribution is -2.40. The van der Waals surface area contributed by atoms with Gasteiger partial charge >= 0.3 is 0 Å². The lowest BCUT2D eigenvalue weighted by molar-refractivity contribution is 0.0906. The van der Waals surface area contributed by atoms with E-state index >= 15 is 0 Å². The summed E-state index contributed by atoms with van der Waals surface area (Å²) in [5.74, 6) is 1.56. The number of aliphatic imine (C=N–C) groups is 1. The monoisotopic (exact) mass is 564 g/mol. The van der Waals surface area contributed by atoms with Gasteiger partial charge in [-0.1, -0.05) is 42.5 Å². The van der Waals surface area contributed by atoms with Crippen LogP contribution in [0.25, 0.3) is 0 Å². The number of nitrogens with one attached hydrogen (secondary N) is 1. The molecule has 2 fully saturated rings. The molecule has 0 spiro atoms. The van der Waals surface area contributed by atoms with Gasteiger partial charge in [0.15, 0.2) is 5.96 Å². The normalized spacial score (nSPS) is 18.8. The highest BCUT2D eigenvalue weighted by atomic mass is 127. The number of hydrogen-bond donors (Lipinski definition) is 1. The molecular weight excluding hydrogens is 527 g/mol. The molecule has 2 aromatic rings. The lowest BCUT2D eigenvalue weighted by Gasteiger charge is -2.28. The number of rotatable bonds is 8. The Hall–Kier alpha value is -1.84. The zero-order valence-corrected chi connectivity index (χ0v) is 21.9. The molecule has 2 aliphatic rings. The first-order valence-corrected chi connectivity index (χ1v) is 11.9. The fraction of sp³-hybridized carbons (Fsp3) is 0.500. The summed E-state index contributed by atoms with van der Waals surface area (Å²) in [6.07, 6.45) is 1.15. The standard InChI is InChI=1S/C26H36N4O2.HI/c1-2-27-26(28-18-22-8-10-25(11-9-22)29-14-16-31-17-15-29)30-13-12-24(19-30)21-32-20-23-6-4-3-5-7-23;/h3-11,24H,2,12-21H2,1H3,(H,27,28);1H. The second-order valence-electron chi connectivity index (χ2n) is 8.54. The van der Waals surface area contributed by atoms with E-state index in [9.17, 15) is 0 Å². The minimum atomic E-state index is 0. The van der Waals surface area contributed by atoms with E-state index in [-0.39, 0.29) is 24.0 Å². The fourth-order valence-electron chi connectivity index (χ4n) is 4.30. The number of anilines is 1. The fourth-order valence-corrected chi connectivity index (χ4v) is 4.30. The molecule has 180 valence electrons. The third-order valence-electron chi connectivity index (χ3n) is 6.11. The Bertz CT molecular complexity index is 841. The predicted molar refractivity (Wildman–Crippen MR) is 145 cm³/mol. The molecule has 6 nitrogen and oxygen atoms in total. The Balaban J connectivity index is 0.00000306. The first kappa shape index (κ1) is 25.8. The van der Waals surface area contributed by atoms with Gasteiger partial charge in [0.25, 0.3) is 0 Å². The molecule has 1 N–H and O–H groups in total. The molecule has 1 unspecified atom stereocenters. The number of benzene rings is 2. The summed E-state index contributed by atoms with van der Waals surface area (Å²) in [5.41, 5.74) is 3.74. The highest BCUT2D eigenvalue weighted by Crippen LogP contribution is 2.19. The molecule has 0 bridgehead atoms. The molecular formula is C26H37IN4O2.